The number of fused-ring (bicyclic) bond motifs is 3. The van der Waals surface area contributed by atoms with Crippen LogP contribution in [0.25, 0.3) is 11.1 Å². The Hall–Kier alpha value is -3.15. The van der Waals surface area contributed by atoms with Crippen LogP contribution in [0, 0.1) is 0 Å². The van der Waals surface area contributed by atoms with E-state index < -0.39 is 17.2 Å². The number of carbonyl (C=O) groups excluding carboxylic acids is 3. The standard InChI is InChI=1S/C23H26N2O4/c1-22(2,3)29-21(28)24-13-23(4,5)25-20(27)14-10-11-16-15-8-6-7-9-17(15)19(26)18(16)12-14/h6-12H,13H2,1-5H3,(H,24,28)(H,25,27). The van der Waals surface area contributed by atoms with Crippen LogP contribution in [0.3, 0.4) is 0 Å². The summed E-state index contributed by atoms with van der Waals surface area (Å²) in [5.74, 6) is -0.386. The van der Waals surface area contributed by atoms with Crippen LogP contribution >= 0.6 is 0 Å². The molecule has 2 aromatic carbocycles. The van der Waals surface area contributed by atoms with E-state index in [9.17, 15) is 14.4 Å². The molecule has 0 bridgehead atoms. The molecule has 0 aromatic heterocycles. The summed E-state index contributed by atoms with van der Waals surface area (Å²) in [6.45, 7) is 9.16. The van der Waals surface area contributed by atoms with E-state index in [1.54, 1.807) is 58.9 Å². The third-order valence-electron chi connectivity index (χ3n) is 4.51. The third-order valence-corrected chi connectivity index (χ3v) is 4.51. The monoisotopic (exact) mass is 394 g/mol. The fourth-order valence-corrected chi connectivity index (χ4v) is 3.20. The predicted octanol–water partition coefficient (Wildman–Crippen LogP) is 3.93. The molecular weight excluding hydrogens is 368 g/mol. The molecule has 0 aliphatic heterocycles. The van der Waals surface area contributed by atoms with E-state index in [1.165, 1.54) is 0 Å². The number of rotatable bonds is 4. The van der Waals surface area contributed by atoms with Crippen LogP contribution in [-0.4, -0.2) is 35.5 Å². The number of benzene rings is 2. The molecule has 2 amide bonds. The summed E-state index contributed by atoms with van der Waals surface area (Å²) >= 11 is 0. The minimum absolute atomic E-state index is 0.0731. The van der Waals surface area contributed by atoms with Crippen LogP contribution in [0.15, 0.2) is 42.5 Å². The molecule has 0 atom stereocenters. The number of hydrogen-bond acceptors (Lipinski definition) is 4. The molecule has 1 aliphatic rings. The van der Waals surface area contributed by atoms with Gasteiger partial charge in [0.15, 0.2) is 5.78 Å². The van der Waals surface area contributed by atoms with Crippen molar-refractivity contribution in [2.75, 3.05) is 6.54 Å². The average molecular weight is 394 g/mol. The van der Waals surface area contributed by atoms with Gasteiger partial charge in [0.25, 0.3) is 5.91 Å². The van der Waals surface area contributed by atoms with Crippen LogP contribution in [0.2, 0.25) is 0 Å². The van der Waals surface area contributed by atoms with Crippen molar-refractivity contribution in [1.82, 2.24) is 10.6 Å². The quantitative estimate of drug-likeness (QED) is 0.702. The van der Waals surface area contributed by atoms with Crippen molar-refractivity contribution < 1.29 is 19.1 Å². The Labute approximate surface area is 170 Å². The Morgan fingerprint density at radius 3 is 2.17 bits per heavy atom. The Bertz CT molecular complexity index is 987. The van der Waals surface area contributed by atoms with E-state index >= 15 is 0 Å². The Morgan fingerprint density at radius 1 is 0.897 bits per heavy atom. The van der Waals surface area contributed by atoms with Gasteiger partial charge < -0.3 is 15.4 Å². The topological polar surface area (TPSA) is 84.5 Å². The number of ketones is 1. The summed E-state index contributed by atoms with van der Waals surface area (Å²) in [5.41, 5.74) is 2.02. The molecule has 3 rings (SSSR count). The highest BCUT2D eigenvalue weighted by Crippen LogP contribution is 2.36. The molecule has 152 valence electrons. The largest absolute Gasteiger partial charge is 0.444 e. The van der Waals surface area contributed by atoms with Crippen LogP contribution in [0.4, 0.5) is 4.79 Å². The third kappa shape index (κ3) is 4.65. The zero-order valence-corrected chi connectivity index (χ0v) is 17.4. The van der Waals surface area contributed by atoms with Crippen LogP contribution < -0.4 is 10.6 Å². The van der Waals surface area contributed by atoms with Crippen molar-refractivity contribution in [3.05, 3.63) is 59.2 Å². The Kier molecular flexibility index (Phi) is 5.22. The van der Waals surface area contributed by atoms with E-state index in [-0.39, 0.29) is 18.2 Å². The smallest absolute Gasteiger partial charge is 0.407 e. The molecule has 0 heterocycles. The zero-order chi connectivity index (χ0) is 21.4. The zero-order valence-electron chi connectivity index (χ0n) is 17.4. The van der Waals surface area contributed by atoms with Crippen LogP contribution in [0.1, 0.15) is 60.9 Å². The first kappa shape index (κ1) is 20.6. The van der Waals surface area contributed by atoms with Gasteiger partial charge in [0, 0.05) is 23.2 Å². The van der Waals surface area contributed by atoms with Crippen molar-refractivity contribution in [1.29, 1.82) is 0 Å². The van der Waals surface area contributed by atoms with Gasteiger partial charge in [0.05, 0.1) is 5.54 Å². The van der Waals surface area contributed by atoms with Gasteiger partial charge in [-0.15, -0.1) is 0 Å². The molecule has 6 nitrogen and oxygen atoms in total. The minimum Gasteiger partial charge on any atom is -0.444 e. The van der Waals surface area contributed by atoms with Gasteiger partial charge in [-0.05, 0) is 57.9 Å². The number of ether oxygens (including phenoxy) is 1. The molecule has 0 saturated heterocycles. The lowest BCUT2D eigenvalue weighted by Crippen LogP contribution is -2.52. The second kappa shape index (κ2) is 7.35. The van der Waals surface area contributed by atoms with E-state index in [1.807, 2.05) is 18.2 Å². The second-order valence-corrected chi connectivity index (χ2v) is 8.83. The number of alkyl carbamates (subject to hydrolysis) is 1. The van der Waals surface area contributed by atoms with Gasteiger partial charge in [0.1, 0.15) is 5.60 Å². The Morgan fingerprint density at radius 2 is 1.52 bits per heavy atom. The average Bonchev–Trinajstić information content (AvgIpc) is 2.91. The van der Waals surface area contributed by atoms with Gasteiger partial charge >= 0.3 is 6.09 Å². The van der Waals surface area contributed by atoms with Crippen molar-refractivity contribution in [2.24, 2.45) is 0 Å². The van der Waals surface area contributed by atoms with Gasteiger partial charge in [0.2, 0.25) is 0 Å². The molecule has 2 N–H and O–H groups in total. The first-order valence-electron chi connectivity index (χ1n) is 9.54. The lowest BCUT2D eigenvalue weighted by molar-refractivity contribution is 0.0509. The maximum Gasteiger partial charge on any atom is 0.407 e. The maximum absolute atomic E-state index is 12.7. The molecule has 0 radical (unpaired) electrons. The Balaban J connectivity index is 1.69. The molecule has 2 aromatic rings. The summed E-state index contributed by atoms with van der Waals surface area (Å²) in [4.78, 5) is 37.2. The highest BCUT2D eigenvalue weighted by molar-refractivity contribution is 6.22. The fraction of sp³-hybridized carbons (Fsp3) is 0.348. The molecule has 29 heavy (non-hydrogen) atoms. The molecule has 0 spiro atoms. The van der Waals surface area contributed by atoms with Gasteiger partial charge in [-0.1, -0.05) is 30.3 Å². The van der Waals surface area contributed by atoms with Crippen LogP contribution in [0.5, 0.6) is 0 Å². The van der Waals surface area contributed by atoms with E-state index in [4.69, 9.17) is 4.74 Å². The number of nitrogens with one attached hydrogen (secondary N) is 2. The maximum atomic E-state index is 12.7. The highest BCUT2D eigenvalue weighted by atomic mass is 16.6. The predicted molar refractivity (Wildman–Crippen MR) is 111 cm³/mol. The van der Waals surface area contributed by atoms with E-state index in [2.05, 4.69) is 10.6 Å². The highest BCUT2D eigenvalue weighted by Gasteiger charge is 2.28. The first-order valence-corrected chi connectivity index (χ1v) is 9.54. The summed E-state index contributed by atoms with van der Waals surface area (Å²) in [6, 6.07) is 12.6. The number of hydrogen-bond donors (Lipinski definition) is 2. The molecule has 6 heteroatoms. The number of carbonyl (C=O) groups is 3. The molecule has 0 unspecified atom stereocenters. The van der Waals surface area contributed by atoms with Crippen molar-refractivity contribution in [2.45, 2.75) is 45.8 Å². The lowest BCUT2D eigenvalue weighted by Gasteiger charge is -2.28. The van der Waals surface area contributed by atoms with Gasteiger partial charge in [-0.25, -0.2) is 4.79 Å². The fourth-order valence-electron chi connectivity index (χ4n) is 3.20. The summed E-state index contributed by atoms with van der Waals surface area (Å²) in [7, 11) is 0. The van der Waals surface area contributed by atoms with Gasteiger partial charge in [-0.3, -0.25) is 9.59 Å². The normalized spacial score (nSPS) is 12.8. The first-order chi connectivity index (χ1) is 13.5. The lowest BCUT2D eigenvalue weighted by atomic mass is 10.0. The van der Waals surface area contributed by atoms with E-state index in [0.29, 0.717) is 16.7 Å². The SMILES string of the molecule is CC(C)(CNC(=O)OC(C)(C)C)NC(=O)c1ccc2c(c1)C(=O)c1ccccc1-2. The summed E-state index contributed by atoms with van der Waals surface area (Å²) in [6.07, 6.45) is -0.541. The summed E-state index contributed by atoms with van der Waals surface area (Å²) in [5, 5.41) is 5.56. The van der Waals surface area contributed by atoms with Crippen molar-refractivity contribution in [3.8, 4) is 11.1 Å². The summed E-state index contributed by atoms with van der Waals surface area (Å²) < 4.78 is 5.22. The van der Waals surface area contributed by atoms with E-state index in [0.717, 1.165) is 11.1 Å². The second-order valence-electron chi connectivity index (χ2n) is 8.83. The van der Waals surface area contributed by atoms with Crippen molar-refractivity contribution in [3.63, 3.8) is 0 Å². The van der Waals surface area contributed by atoms with Crippen LogP contribution in [-0.2, 0) is 4.74 Å². The minimum atomic E-state index is -0.708. The molecule has 0 fully saturated rings. The molecule has 0 saturated carbocycles. The van der Waals surface area contributed by atoms with Crippen molar-refractivity contribution >= 4 is 17.8 Å². The number of amides is 2. The molecular formula is C23H26N2O4. The van der Waals surface area contributed by atoms with Gasteiger partial charge in [-0.2, -0.15) is 0 Å². The molecule has 1 aliphatic carbocycles.